The van der Waals surface area contributed by atoms with E-state index in [0.29, 0.717) is 22.9 Å². The Morgan fingerprint density at radius 3 is 3.12 bits per heavy atom. The Morgan fingerprint density at radius 1 is 1.56 bits per heavy atom. The van der Waals surface area contributed by atoms with Crippen LogP contribution in [0.3, 0.4) is 0 Å². The van der Waals surface area contributed by atoms with E-state index in [0.717, 1.165) is 4.88 Å². The molecule has 2 aromatic heterocycles. The summed E-state index contributed by atoms with van der Waals surface area (Å²) in [6.45, 7) is 0.483. The van der Waals surface area contributed by atoms with E-state index in [1.165, 1.54) is 0 Å². The number of hydrogen-bond acceptors (Lipinski definition) is 6. The van der Waals surface area contributed by atoms with E-state index in [1.807, 2.05) is 17.5 Å². The maximum Gasteiger partial charge on any atom is 0.240 e. The molecule has 0 atom stereocenters. The van der Waals surface area contributed by atoms with Crippen molar-refractivity contribution in [2.45, 2.75) is 6.61 Å². The summed E-state index contributed by atoms with van der Waals surface area (Å²) in [7, 11) is 0. The number of aromatic nitrogens is 2. The van der Waals surface area contributed by atoms with Crippen LogP contribution in [0.15, 0.2) is 28.2 Å². The molecular formula is C9H9BrN4OS. The Bertz CT molecular complexity index is 463. The highest BCUT2D eigenvalue weighted by Gasteiger charge is 2.06. The van der Waals surface area contributed by atoms with Gasteiger partial charge in [0, 0.05) is 4.88 Å². The molecule has 0 unspecified atom stereocenters. The van der Waals surface area contributed by atoms with Crippen molar-refractivity contribution in [2.24, 2.45) is 5.84 Å². The molecule has 5 nitrogen and oxygen atoms in total. The number of nitrogen functional groups attached to an aromatic ring is 1. The molecule has 2 heterocycles. The predicted octanol–water partition coefficient (Wildman–Crippen LogP) is 2.17. The van der Waals surface area contributed by atoms with Gasteiger partial charge in [-0.2, -0.15) is 4.98 Å². The van der Waals surface area contributed by atoms with Crippen LogP contribution in [0.25, 0.3) is 0 Å². The van der Waals surface area contributed by atoms with E-state index in [1.54, 1.807) is 17.5 Å². The molecule has 3 N–H and O–H groups in total. The first kappa shape index (κ1) is 11.3. The maximum atomic E-state index is 5.54. The third kappa shape index (κ3) is 2.69. The highest BCUT2D eigenvalue weighted by atomic mass is 79.9. The second-order valence-corrected chi connectivity index (χ2v) is 4.75. The van der Waals surface area contributed by atoms with Gasteiger partial charge in [0.1, 0.15) is 6.61 Å². The predicted molar refractivity (Wildman–Crippen MR) is 66.2 cm³/mol. The molecule has 0 bridgehead atoms. The van der Waals surface area contributed by atoms with Crippen LogP contribution in [0.4, 0.5) is 5.95 Å². The van der Waals surface area contributed by atoms with Gasteiger partial charge in [0.2, 0.25) is 11.8 Å². The minimum atomic E-state index is 0.323. The fourth-order valence-electron chi connectivity index (χ4n) is 1.06. The summed E-state index contributed by atoms with van der Waals surface area (Å²) in [5.41, 5.74) is 2.37. The van der Waals surface area contributed by atoms with Crippen LogP contribution in [0.1, 0.15) is 4.88 Å². The lowest BCUT2D eigenvalue weighted by Crippen LogP contribution is -2.11. The molecule has 0 amide bonds. The van der Waals surface area contributed by atoms with Gasteiger partial charge in [-0.1, -0.05) is 6.07 Å². The zero-order valence-corrected chi connectivity index (χ0v) is 10.6. The summed E-state index contributed by atoms with van der Waals surface area (Å²) in [5.74, 6) is 6.01. The summed E-state index contributed by atoms with van der Waals surface area (Å²) in [4.78, 5) is 9.14. The molecule has 0 aliphatic rings. The number of thiophene rings is 1. The normalized spacial score (nSPS) is 10.1. The van der Waals surface area contributed by atoms with Crippen molar-refractivity contribution in [1.29, 1.82) is 0 Å². The molecule has 0 saturated heterocycles. The topological polar surface area (TPSA) is 73.1 Å². The Kier molecular flexibility index (Phi) is 3.70. The van der Waals surface area contributed by atoms with Gasteiger partial charge in [0.25, 0.3) is 0 Å². The molecule has 7 heteroatoms. The van der Waals surface area contributed by atoms with Crippen LogP contribution in [-0.2, 0) is 6.61 Å². The summed E-state index contributed by atoms with van der Waals surface area (Å²) in [6.07, 6.45) is 1.59. The average molecular weight is 301 g/mol. The summed E-state index contributed by atoms with van der Waals surface area (Å²) >= 11 is 4.94. The molecule has 2 aromatic rings. The number of rotatable bonds is 4. The van der Waals surface area contributed by atoms with E-state index in [2.05, 4.69) is 31.3 Å². The molecule has 16 heavy (non-hydrogen) atoms. The van der Waals surface area contributed by atoms with Crippen molar-refractivity contribution in [3.05, 3.63) is 33.1 Å². The highest BCUT2D eigenvalue weighted by molar-refractivity contribution is 9.10. The van der Waals surface area contributed by atoms with Gasteiger partial charge in [0.05, 0.1) is 10.7 Å². The molecule has 0 spiro atoms. The molecule has 0 radical (unpaired) electrons. The number of anilines is 1. The second kappa shape index (κ2) is 5.24. The number of hydrazine groups is 1. The third-order valence-corrected chi connectivity index (χ3v) is 3.17. The monoisotopic (exact) mass is 300 g/mol. The van der Waals surface area contributed by atoms with Crippen molar-refractivity contribution in [2.75, 3.05) is 5.43 Å². The van der Waals surface area contributed by atoms with Gasteiger partial charge >= 0.3 is 0 Å². The summed E-state index contributed by atoms with van der Waals surface area (Å²) in [6, 6.07) is 3.98. The van der Waals surface area contributed by atoms with Gasteiger partial charge < -0.3 is 4.74 Å². The Labute approximate surface area is 105 Å². The lowest BCUT2D eigenvalue weighted by molar-refractivity contribution is 0.295. The Morgan fingerprint density at radius 2 is 2.44 bits per heavy atom. The SMILES string of the molecule is NNc1ncc(Br)c(OCc2cccs2)n1. The number of ether oxygens (including phenoxy) is 1. The van der Waals surface area contributed by atoms with Gasteiger partial charge in [-0.25, -0.2) is 10.8 Å². The van der Waals surface area contributed by atoms with Crippen LogP contribution in [-0.4, -0.2) is 9.97 Å². The van der Waals surface area contributed by atoms with Crippen LogP contribution >= 0.6 is 27.3 Å². The minimum Gasteiger partial charge on any atom is -0.471 e. The van der Waals surface area contributed by atoms with E-state index in [4.69, 9.17) is 10.6 Å². The van der Waals surface area contributed by atoms with Crippen molar-refractivity contribution < 1.29 is 4.74 Å². The van der Waals surface area contributed by atoms with Crippen LogP contribution in [0.5, 0.6) is 5.88 Å². The molecule has 0 aliphatic heterocycles. The molecule has 2 rings (SSSR count). The summed E-state index contributed by atoms with van der Waals surface area (Å²) < 4.78 is 6.24. The number of hydrogen-bond donors (Lipinski definition) is 2. The van der Waals surface area contributed by atoms with Gasteiger partial charge in [0.15, 0.2) is 0 Å². The standard InChI is InChI=1S/C9H9BrN4OS/c10-7-4-12-9(14-11)13-8(7)15-5-6-2-1-3-16-6/h1-4H,5,11H2,(H,12,13,14). The first-order chi connectivity index (χ1) is 7.79. The zero-order valence-electron chi connectivity index (χ0n) is 8.18. The first-order valence-corrected chi connectivity index (χ1v) is 6.11. The van der Waals surface area contributed by atoms with Crippen molar-refractivity contribution >= 4 is 33.2 Å². The lowest BCUT2D eigenvalue weighted by atomic mass is 10.5. The van der Waals surface area contributed by atoms with E-state index < -0.39 is 0 Å². The highest BCUT2D eigenvalue weighted by Crippen LogP contribution is 2.23. The Balaban J connectivity index is 2.08. The maximum absolute atomic E-state index is 5.54. The molecule has 84 valence electrons. The number of nitrogens with two attached hydrogens (primary N) is 1. The molecule has 0 aromatic carbocycles. The zero-order chi connectivity index (χ0) is 11.4. The quantitative estimate of drug-likeness (QED) is 0.669. The fourth-order valence-corrected chi connectivity index (χ4v) is 1.98. The number of halogens is 1. The Hall–Kier alpha value is -1.18. The van der Waals surface area contributed by atoms with Crippen LogP contribution in [0.2, 0.25) is 0 Å². The van der Waals surface area contributed by atoms with E-state index >= 15 is 0 Å². The lowest BCUT2D eigenvalue weighted by Gasteiger charge is -2.06. The smallest absolute Gasteiger partial charge is 0.240 e. The van der Waals surface area contributed by atoms with E-state index in [-0.39, 0.29) is 0 Å². The molecule has 0 fully saturated rings. The van der Waals surface area contributed by atoms with Gasteiger partial charge in [-0.15, -0.1) is 11.3 Å². The fraction of sp³-hybridized carbons (Fsp3) is 0.111. The number of nitrogens with one attached hydrogen (secondary N) is 1. The van der Waals surface area contributed by atoms with Crippen LogP contribution < -0.4 is 16.0 Å². The van der Waals surface area contributed by atoms with Gasteiger partial charge in [-0.3, -0.25) is 5.43 Å². The third-order valence-electron chi connectivity index (χ3n) is 1.77. The second-order valence-electron chi connectivity index (χ2n) is 2.86. The number of nitrogens with zero attached hydrogens (tertiary/aromatic N) is 2. The minimum absolute atomic E-state index is 0.323. The summed E-state index contributed by atoms with van der Waals surface area (Å²) in [5, 5.41) is 2.00. The molecular weight excluding hydrogens is 292 g/mol. The molecule has 0 aliphatic carbocycles. The van der Waals surface area contributed by atoms with Gasteiger partial charge in [-0.05, 0) is 27.4 Å². The van der Waals surface area contributed by atoms with Crippen molar-refractivity contribution in [3.8, 4) is 5.88 Å². The first-order valence-electron chi connectivity index (χ1n) is 4.44. The van der Waals surface area contributed by atoms with E-state index in [9.17, 15) is 0 Å². The molecule has 0 saturated carbocycles. The largest absolute Gasteiger partial charge is 0.471 e. The average Bonchev–Trinajstić information content (AvgIpc) is 2.81. The van der Waals surface area contributed by atoms with Crippen molar-refractivity contribution in [3.63, 3.8) is 0 Å². The van der Waals surface area contributed by atoms with Crippen molar-refractivity contribution in [1.82, 2.24) is 9.97 Å². The van der Waals surface area contributed by atoms with Crippen LogP contribution in [0, 0.1) is 0 Å².